The lowest BCUT2D eigenvalue weighted by Crippen LogP contribution is -2.28. The molecular formula is C23H24N2O5S. The van der Waals surface area contributed by atoms with Gasteiger partial charge in [-0.25, -0.2) is 13.4 Å². The van der Waals surface area contributed by atoms with Gasteiger partial charge in [-0.2, -0.15) is 0 Å². The Morgan fingerprint density at radius 1 is 1.10 bits per heavy atom. The van der Waals surface area contributed by atoms with Crippen LogP contribution in [-0.2, 0) is 9.84 Å². The first-order valence-corrected chi connectivity index (χ1v) is 11.4. The number of aliphatic hydroxyl groups excluding tert-OH is 1. The molecule has 0 radical (unpaired) electrons. The smallest absolute Gasteiger partial charge is 0.251 e. The molecule has 2 aromatic carbocycles. The van der Waals surface area contributed by atoms with Gasteiger partial charge in [-0.15, -0.1) is 0 Å². The van der Waals surface area contributed by atoms with E-state index in [0.717, 1.165) is 17.4 Å². The number of rotatable bonds is 7. The minimum absolute atomic E-state index is 0.0515. The molecular weight excluding hydrogens is 416 g/mol. The SMILES string of the molecule is COc1ccc(C(O)CNC(=O)c2cc(-c3ccc(C)cc3)cc(S(C)(=O)=O)c2)cn1. The molecule has 162 valence electrons. The van der Waals surface area contributed by atoms with Gasteiger partial charge in [0, 0.05) is 36.2 Å². The highest BCUT2D eigenvalue weighted by atomic mass is 32.2. The fourth-order valence-corrected chi connectivity index (χ4v) is 3.66. The maximum absolute atomic E-state index is 12.7. The first-order chi connectivity index (χ1) is 14.7. The van der Waals surface area contributed by atoms with Gasteiger partial charge in [-0.05, 0) is 42.3 Å². The number of methoxy groups -OCH3 is 1. The van der Waals surface area contributed by atoms with E-state index < -0.39 is 21.8 Å². The van der Waals surface area contributed by atoms with Gasteiger partial charge in [-0.3, -0.25) is 4.79 Å². The number of carbonyl (C=O) groups is 1. The van der Waals surface area contributed by atoms with Crippen molar-refractivity contribution in [2.24, 2.45) is 0 Å². The van der Waals surface area contributed by atoms with Gasteiger partial charge in [-0.1, -0.05) is 29.8 Å². The Labute approximate surface area is 181 Å². The number of aryl methyl sites for hydroxylation is 1. The Bertz CT molecular complexity index is 1170. The predicted octanol–water partition coefficient (Wildman–Crippen LogP) is 2.93. The molecule has 1 amide bonds. The molecule has 0 saturated heterocycles. The maximum atomic E-state index is 12.7. The molecule has 3 rings (SSSR count). The van der Waals surface area contributed by atoms with Gasteiger partial charge in [0.25, 0.3) is 5.91 Å². The van der Waals surface area contributed by atoms with Crippen LogP contribution in [0.3, 0.4) is 0 Å². The molecule has 0 bridgehead atoms. The molecule has 0 aliphatic carbocycles. The number of hydrogen-bond acceptors (Lipinski definition) is 6. The molecule has 0 aliphatic rings. The normalized spacial score (nSPS) is 12.3. The van der Waals surface area contributed by atoms with Crippen LogP contribution in [0.25, 0.3) is 11.1 Å². The summed E-state index contributed by atoms with van der Waals surface area (Å²) in [6.07, 6.45) is 1.59. The molecule has 0 saturated carbocycles. The van der Waals surface area contributed by atoms with Crippen molar-refractivity contribution >= 4 is 15.7 Å². The summed E-state index contributed by atoms with van der Waals surface area (Å²) in [5, 5.41) is 13.0. The van der Waals surface area contributed by atoms with Crippen molar-refractivity contribution in [1.82, 2.24) is 10.3 Å². The van der Waals surface area contributed by atoms with Gasteiger partial charge in [0.15, 0.2) is 9.84 Å². The lowest BCUT2D eigenvalue weighted by Gasteiger charge is -2.14. The van der Waals surface area contributed by atoms with Crippen LogP contribution in [0.2, 0.25) is 0 Å². The van der Waals surface area contributed by atoms with Crippen molar-refractivity contribution in [2.45, 2.75) is 17.9 Å². The molecule has 2 N–H and O–H groups in total. The number of nitrogens with zero attached hydrogens (tertiary/aromatic N) is 1. The number of ether oxygens (including phenoxy) is 1. The Morgan fingerprint density at radius 3 is 2.39 bits per heavy atom. The van der Waals surface area contributed by atoms with Crippen LogP contribution in [0.4, 0.5) is 0 Å². The Kier molecular flexibility index (Phi) is 6.72. The molecule has 8 heteroatoms. The summed E-state index contributed by atoms with van der Waals surface area (Å²) in [5.74, 6) is -0.0689. The van der Waals surface area contributed by atoms with Crippen molar-refractivity contribution in [2.75, 3.05) is 19.9 Å². The van der Waals surface area contributed by atoms with E-state index in [1.54, 1.807) is 24.3 Å². The first-order valence-electron chi connectivity index (χ1n) is 9.56. The maximum Gasteiger partial charge on any atom is 0.251 e. The van der Waals surface area contributed by atoms with Crippen LogP contribution in [0.1, 0.15) is 27.6 Å². The van der Waals surface area contributed by atoms with E-state index in [2.05, 4.69) is 10.3 Å². The quantitative estimate of drug-likeness (QED) is 0.585. The summed E-state index contributed by atoms with van der Waals surface area (Å²) in [4.78, 5) is 16.8. The van der Waals surface area contributed by atoms with Crippen LogP contribution < -0.4 is 10.1 Å². The van der Waals surface area contributed by atoms with E-state index in [0.29, 0.717) is 17.0 Å². The molecule has 7 nitrogen and oxygen atoms in total. The van der Waals surface area contributed by atoms with Gasteiger partial charge in [0.1, 0.15) is 0 Å². The topological polar surface area (TPSA) is 106 Å². The average molecular weight is 441 g/mol. The van der Waals surface area contributed by atoms with Crippen molar-refractivity contribution in [1.29, 1.82) is 0 Å². The van der Waals surface area contributed by atoms with E-state index in [1.165, 1.54) is 19.4 Å². The lowest BCUT2D eigenvalue weighted by atomic mass is 10.0. The number of nitrogens with one attached hydrogen (secondary N) is 1. The summed E-state index contributed by atoms with van der Waals surface area (Å²) >= 11 is 0. The number of aliphatic hydroxyl groups is 1. The number of benzene rings is 2. The summed E-state index contributed by atoms with van der Waals surface area (Å²) in [7, 11) is -2.03. The van der Waals surface area contributed by atoms with Gasteiger partial charge in [0.05, 0.1) is 18.1 Å². The van der Waals surface area contributed by atoms with Crippen LogP contribution in [0.15, 0.2) is 65.7 Å². The Morgan fingerprint density at radius 2 is 1.81 bits per heavy atom. The highest BCUT2D eigenvalue weighted by Gasteiger charge is 2.17. The van der Waals surface area contributed by atoms with Crippen LogP contribution in [0.5, 0.6) is 5.88 Å². The second-order valence-corrected chi connectivity index (χ2v) is 9.26. The van der Waals surface area contributed by atoms with Crippen molar-refractivity contribution < 1.29 is 23.1 Å². The van der Waals surface area contributed by atoms with Crippen molar-refractivity contribution in [3.05, 3.63) is 77.5 Å². The molecule has 1 unspecified atom stereocenters. The summed E-state index contributed by atoms with van der Waals surface area (Å²) in [6.45, 7) is 1.90. The minimum atomic E-state index is -3.53. The summed E-state index contributed by atoms with van der Waals surface area (Å²) in [6, 6.07) is 15.4. The molecule has 31 heavy (non-hydrogen) atoms. The summed E-state index contributed by atoms with van der Waals surface area (Å²) < 4.78 is 29.3. The largest absolute Gasteiger partial charge is 0.481 e. The zero-order valence-electron chi connectivity index (χ0n) is 17.5. The van der Waals surface area contributed by atoms with E-state index >= 15 is 0 Å². The third-order valence-electron chi connectivity index (χ3n) is 4.79. The molecule has 1 aromatic heterocycles. The molecule has 3 aromatic rings. The zero-order chi connectivity index (χ0) is 22.6. The van der Waals surface area contributed by atoms with Crippen molar-refractivity contribution in [3.63, 3.8) is 0 Å². The van der Waals surface area contributed by atoms with Crippen molar-refractivity contribution in [3.8, 4) is 17.0 Å². The second-order valence-electron chi connectivity index (χ2n) is 7.24. The van der Waals surface area contributed by atoms with Crippen LogP contribution in [-0.4, -0.2) is 44.3 Å². The van der Waals surface area contributed by atoms with E-state index in [9.17, 15) is 18.3 Å². The number of hydrogen-bond donors (Lipinski definition) is 2. The number of pyridine rings is 1. The first kappa shape index (κ1) is 22.5. The number of aromatic nitrogens is 1. The third kappa shape index (κ3) is 5.68. The zero-order valence-corrected chi connectivity index (χ0v) is 18.3. The average Bonchev–Trinajstić information content (AvgIpc) is 2.76. The van der Waals surface area contributed by atoms with Gasteiger partial charge in [0.2, 0.25) is 5.88 Å². The summed E-state index contributed by atoms with van der Waals surface area (Å²) in [5.41, 5.74) is 3.20. The fourth-order valence-electron chi connectivity index (χ4n) is 2.98. The lowest BCUT2D eigenvalue weighted by molar-refractivity contribution is 0.0916. The predicted molar refractivity (Wildman–Crippen MR) is 118 cm³/mol. The van der Waals surface area contributed by atoms with E-state index in [4.69, 9.17) is 4.74 Å². The number of carbonyl (C=O) groups excluding carboxylic acids is 1. The Balaban J connectivity index is 1.83. The van der Waals surface area contributed by atoms with Crippen LogP contribution in [0, 0.1) is 6.92 Å². The minimum Gasteiger partial charge on any atom is -0.481 e. The number of sulfone groups is 1. The molecule has 1 atom stereocenters. The van der Waals surface area contributed by atoms with E-state index in [1.807, 2.05) is 31.2 Å². The molecule has 1 heterocycles. The molecule has 0 aliphatic heterocycles. The van der Waals surface area contributed by atoms with Gasteiger partial charge >= 0.3 is 0 Å². The van der Waals surface area contributed by atoms with Gasteiger partial charge < -0.3 is 15.2 Å². The highest BCUT2D eigenvalue weighted by molar-refractivity contribution is 7.90. The second kappa shape index (κ2) is 9.28. The monoisotopic (exact) mass is 440 g/mol. The standard InChI is InChI=1S/C23H24N2O5S/c1-15-4-6-16(7-5-15)18-10-19(12-20(11-18)31(3,28)29)23(27)25-14-21(26)17-8-9-22(30-2)24-13-17/h4-13,21,26H,14H2,1-3H3,(H,25,27). The Hall–Kier alpha value is -3.23. The third-order valence-corrected chi connectivity index (χ3v) is 5.88. The fraction of sp³-hybridized carbons (Fsp3) is 0.217. The molecule has 0 fully saturated rings. The highest BCUT2D eigenvalue weighted by Crippen LogP contribution is 2.25. The number of amides is 1. The van der Waals surface area contributed by atoms with E-state index in [-0.39, 0.29) is 17.0 Å². The van der Waals surface area contributed by atoms with Crippen LogP contribution >= 0.6 is 0 Å². The molecule has 0 spiro atoms.